The van der Waals surface area contributed by atoms with Crippen molar-refractivity contribution in [3.05, 3.63) is 103 Å². The molecule has 0 radical (unpaired) electrons. The topological polar surface area (TPSA) is 38.7 Å². The molecular formula is C27H17N3S3. The number of rotatable bonds is 5. The molecule has 6 rings (SSSR count). The van der Waals surface area contributed by atoms with E-state index < -0.39 is 0 Å². The lowest BCUT2D eigenvalue weighted by Gasteiger charge is -2.08. The summed E-state index contributed by atoms with van der Waals surface area (Å²) < 4.78 is 0. The van der Waals surface area contributed by atoms with Gasteiger partial charge in [-0.15, -0.1) is 34.0 Å². The summed E-state index contributed by atoms with van der Waals surface area (Å²) >= 11 is 5.42. The molecule has 0 spiro atoms. The van der Waals surface area contributed by atoms with Crippen molar-refractivity contribution in [2.75, 3.05) is 0 Å². The summed E-state index contributed by atoms with van der Waals surface area (Å²) in [4.78, 5) is 20.3. The molecule has 0 aliphatic carbocycles. The van der Waals surface area contributed by atoms with Gasteiger partial charge in [0.25, 0.3) is 0 Å². The molecule has 0 saturated heterocycles. The number of nitrogens with zero attached hydrogens (tertiary/aromatic N) is 3. The second kappa shape index (κ2) is 8.83. The average molecular weight is 480 g/mol. The first-order chi connectivity index (χ1) is 16.3. The fourth-order valence-electron chi connectivity index (χ4n) is 3.61. The van der Waals surface area contributed by atoms with E-state index in [-0.39, 0.29) is 0 Å². The van der Waals surface area contributed by atoms with Crippen LogP contribution >= 0.6 is 34.0 Å². The first-order valence-electron chi connectivity index (χ1n) is 10.4. The van der Waals surface area contributed by atoms with Crippen LogP contribution in [0.5, 0.6) is 0 Å². The lowest BCUT2D eigenvalue weighted by atomic mass is 10.1. The third-order valence-corrected chi connectivity index (χ3v) is 8.66. The Labute approximate surface area is 203 Å². The molecule has 0 fully saturated rings. The second-order valence-corrected chi connectivity index (χ2v) is 10.5. The van der Waals surface area contributed by atoms with Gasteiger partial charge in [-0.25, -0.2) is 4.98 Å². The van der Waals surface area contributed by atoms with E-state index >= 15 is 0 Å². The van der Waals surface area contributed by atoms with Crippen LogP contribution in [-0.2, 0) is 0 Å². The second-order valence-electron chi connectivity index (χ2n) is 7.36. The molecule has 0 amide bonds. The van der Waals surface area contributed by atoms with Gasteiger partial charge in [0.1, 0.15) is 0 Å². The predicted molar refractivity (Wildman–Crippen MR) is 141 cm³/mol. The molecule has 0 aliphatic heterocycles. The Kier molecular flexibility index (Phi) is 5.40. The number of hydrogen-bond acceptors (Lipinski definition) is 6. The lowest BCUT2D eigenvalue weighted by Crippen LogP contribution is -1.93. The maximum atomic E-state index is 4.88. The van der Waals surface area contributed by atoms with Gasteiger partial charge >= 0.3 is 0 Å². The zero-order chi connectivity index (χ0) is 22.0. The third-order valence-electron chi connectivity index (χ3n) is 5.18. The van der Waals surface area contributed by atoms with Crippen molar-refractivity contribution in [2.24, 2.45) is 0 Å². The Morgan fingerprint density at radius 3 is 1.61 bits per heavy atom. The summed E-state index contributed by atoms with van der Waals surface area (Å²) in [6.07, 6.45) is 3.60. The molecule has 6 heteroatoms. The SMILES string of the molecule is c1ccc(-c2cc(-c3ccc(-c4ccc(-c5cccs5)s4)s3)cc(-c3ccccn3)n2)nc1. The highest BCUT2D eigenvalue weighted by Crippen LogP contribution is 2.42. The number of hydrogen-bond donors (Lipinski definition) is 0. The van der Waals surface area contributed by atoms with Gasteiger partial charge in [-0.1, -0.05) is 18.2 Å². The fourth-order valence-corrected chi connectivity index (χ4v) is 6.53. The minimum atomic E-state index is 0.847. The average Bonchev–Trinajstić information content (AvgIpc) is 3.66. The molecule has 158 valence electrons. The monoisotopic (exact) mass is 479 g/mol. The highest BCUT2D eigenvalue weighted by molar-refractivity contribution is 7.27. The predicted octanol–water partition coefficient (Wildman–Crippen LogP) is 8.39. The number of pyridine rings is 3. The van der Waals surface area contributed by atoms with Gasteiger partial charge in [0, 0.05) is 36.8 Å². The Hall–Kier alpha value is -3.45. The van der Waals surface area contributed by atoms with E-state index in [1.807, 2.05) is 47.7 Å². The Bertz CT molecular complexity index is 1440. The van der Waals surface area contributed by atoms with Gasteiger partial charge < -0.3 is 0 Å². The van der Waals surface area contributed by atoms with Gasteiger partial charge in [0.05, 0.1) is 22.8 Å². The summed E-state index contributed by atoms with van der Waals surface area (Å²) in [5, 5.41) is 2.12. The largest absolute Gasteiger partial charge is 0.255 e. The maximum Gasteiger partial charge on any atom is 0.0900 e. The van der Waals surface area contributed by atoms with Crippen LogP contribution in [0.4, 0.5) is 0 Å². The van der Waals surface area contributed by atoms with E-state index in [9.17, 15) is 0 Å². The Morgan fingerprint density at radius 1 is 0.485 bits per heavy atom. The highest BCUT2D eigenvalue weighted by Gasteiger charge is 2.13. The normalized spacial score (nSPS) is 11.0. The van der Waals surface area contributed by atoms with Crippen molar-refractivity contribution >= 4 is 34.0 Å². The first kappa shape index (κ1) is 20.2. The van der Waals surface area contributed by atoms with Crippen molar-refractivity contribution in [1.82, 2.24) is 15.0 Å². The Morgan fingerprint density at radius 2 is 1.06 bits per heavy atom. The van der Waals surface area contributed by atoms with Crippen molar-refractivity contribution in [1.29, 1.82) is 0 Å². The molecule has 0 aromatic carbocycles. The van der Waals surface area contributed by atoms with Crippen LogP contribution in [0.2, 0.25) is 0 Å². The van der Waals surface area contributed by atoms with E-state index in [0.29, 0.717) is 0 Å². The summed E-state index contributed by atoms with van der Waals surface area (Å²) in [6, 6.07) is 29.2. The van der Waals surface area contributed by atoms with Gasteiger partial charge in [-0.3, -0.25) is 9.97 Å². The van der Waals surface area contributed by atoms with Crippen LogP contribution in [0.3, 0.4) is 0 Å². The molecule has 6 heterocycles. The van der Waals surface area contributed by atoms with Crippen molar-refractivity contribution in [3.63, 3.8) is 0 Å². The molecule has 6 aromatic heterocycles. The molecule has 0 unspecified atom stereocenters. The van der Waals surface area contributed by atoms with Crippen LogP contribution in [-0.4, -0.2) is 15.0 Å². The van der Waals surface area contributed by atoms with Crippen LogP contribution in [0.1, 0.15) is 0 Å². The summed E-state index contributed by atoms with van der Waals surface area (Å²) in [7, 11) is 0. The van der Waals surface area contributed by atoms with Gasteiger partial charge in [-0.05, 0) is 77.7 Å². The van der Waals surface area contributed by atoms with E-state index in [4.69, 9.17) is 4.98 Å². The summed E-state index contributed by atoms with van der Waals surface area (Å²) in [5.74, 6) is 0. The Balaban J connectivity index is 1.41. The minimum Gasteiger partial charge on any atom is -0.255 e. The molecule has 0 N–H and O–H groups in total. The first-order valence-corrected chi connectivity index (χ1v) is 12.9. The van der Waals surface area contributed by atoms with Gasteiger partial charge in [-0.2, -0.15) is 0 Å². The molecule has 33 heavy (non-hydrogen) atoms. The third kappa shape index (κ3) is 4.16. The van der Waals surface area contributed by atoms with Gasteiger partial charge in [0.15, 0.2) is 0 Å². The maximum absolute atomic E-state index is 4.88. The van der Waals surface area contributed by atoms with Crippen LogP contribution in [0.25, 0.3) is 52.7 Å². The molecule has 0 atom stereocenters. The van der Waals surface area contributed by atoms with Crippen LogP contribution < -0.4 is 0 Å². The quantitative estimate of drug-likeness (QED) is 0.249. The van der Waals surface area contributed by atoms with E-state index in [0.717, 1.165) is 28.3 Å². The van der Waals surface area contributed by atoms with Crippen LogP contribution in [0, 0.1) is 0 Å². The highest BCUT2D eigenvalue weighted by atomic mass is 32.1. The fraction of sp³-hybridized carbons (Fsp3) is 0. The molecular weight excluding hydrogens is 463 g/mol. The smallest absolute Gasteiger partial charge is 0.0900 e. The molecule has 0 aliphatic rings. The summed E-state index contributed by atoms with van der Waals surface area (Å²) in [6.45, 7) is 0. The van der Waals surface area contributed by atoms with E-state index in [1.54, 1.807) is 35.1 Å². The number of aromatic nitrogens is 3. The van der Waals surface area contributed by atoms with E-state index in [1.165, 1.54) is 24.4 Å². The van der Waals surface area contributed by atoms with Crippen LogP contribution in [0.15, 0.2) is 103 Å². The minimum absolute atomic E-state index is 0.847. The van der Waals surface area contributed by atoms with Crippen molar-refractivity contribution < 1.29 is 0 Å². The van der Waals surface area contributed by atoms with Gasteiger partial charge in [0.2, 0.25) is 0 Å². The standard InChI is InChI=1S/C27H17N3S3/c1-3-13-28-19(6-1)21-16-18(17-22(30-21)20-7-2-4-14-29-20)23-9-10-26(32-23)27-12-11-25(33-27)24-8-5-15-31-24/h1-17H. The molecule has 0 bridgehead atoms. The number of thiophene rings is 3. The zero-order valence-corrected chi connectivity index (χ0v) is 19.8. The molecule has 6 aromatic rings. The molecule has 3 nitrogen and oxygen atoms in total. The molecule has 0 saturated carbocycles. The lowest BCUT2D eigenvalue weighted by molar-refractivity contribution is 1.22. The van der Waals surface area contributed by atoms with E-state index in [2.05, 4.69) is 63.9 Å². The van der Waals surface area contributed by atoms with Crippen molar-refractivity contribution in [3.8, 4) is 52.7 Å². The van der Waals surface area contributed by atoms with Crippen molar-refractivity contribution in [2.45, 2.75) is 0 Å². The summed E-state index contributed by atoms with van der Waals surface area (Å²) in [5.41, 5.74) is 4.52. The zero-order valence-electron chi connectivity index (χ0n) is 17.4.